The van der Waals surface area contributed by atoms with Crippen LogP contribution in [0.3, 0.4) is 0 Å². The smallest absolute Gasteiger partial charge is 0.219 e. The van der Waals surface area contributed by atoms with Crippen LogP contribution in [-0.4, -0.2) is 44.1 Å². The molecule has 1 saturated heterocycles. The minimum absolute atomic E-state index is 0.132. The minimum atomic E-state index is 0.132. The number of rotatable bonds is 2. The molecular formula is C14H17N5O. The average Bonchev–Trinajstić information content (AvgIpc) is 3.10. The predicted octanol–water partition coefficient (Wildman–Crippen LogP) is 1.51. The van der Waals surface area contributed by atoms with E-state index >= 15 is 0 Å². The standard InChI is InChI=1S/C14H17N5O/c1-9-16-13(11-4-6-19(8-11)10(2)20)7-14(17-9)12-3-5-15-18-12/h3,5,7,11H,4,6,8H2,1-2H3,(H,15,18). The molecule has 2 aromatic rings. The molecule has 6 heteroatoms. The van der Waals surface area contributed by atoms with Gasteiger partial charge < -0.3 is 4.90 Å². The second kappa shape index (κ2) is 5.03. The molecule has 6 nitrogen and oxygen atoms in total. The highest BCUT2D eigenvalue weighted by Gasteiger charge is 2.27. The molecule has 1 fully saturated rings. The van der Waals surface area contributed by atoms with Gasteiger partial charge >= 0.3 is 0 Å². The fraction of sp³-hybridized carbons (Fsp3) is 0.429. The molecule has 0 radical (unpaired) electrons. The normalized spacial score (nSPS) is 18.5. The number of carbonyl (C=O) groups is 1. The molecule has 1 unspecified atom stereocenters. The first-order chi connectivity index (χ1) is 9.63. The third-order valence-electron chi connectivity index (χ3n) is 3.69. The average molecular weight is 271 g/mol. The molecular weight excluding hydrogens is 254 g/mol. The highest BCUT2D eigenvalue weighted by Crippen LogP contribution is 2.28. The maximum absolute atomic E-state index is 11.4. The molecule has 1 atom stereocenters. The van der Waals surface area contributed by atoms with Crippen LogP contribution in [-0.2, 0) is 4.79 Å². The van der Waals surface area contributed by atoms with Gasteiger partial charge in [-0.1, -0.05) is 0 Å². The topological polar surface area (TPSA) is 74.8 Å². The lowest BCUT2D eigenvalue weighted by molar-refractivity contribution is -0.127. The fourth-order valence-electron chi connectivity index (χ4n) is 2.62. The van der Waals surface area contributed by atoms with Crippen molar-refractivity contribution in [2.45, 2.75) is 26.2 Å². The summed E-state index contributed by atoms with van der Waals surface area (Å²) in [7, 11) is 0. The number of nitrogens with zero attached hydrogens (tertiary/aromatic N) is 4. The summed E-state index contributed by atoms with van der Waals surface area (Å²) < 4.78 is 0. The Kier molecular flexibility index (Phi) is 3.22. The van der Waals surface area contributed by atoms with Crippen molar-refractivity contribution < 1.29 is 4.79 Å². The number of hydrogen-bond donors (Lipinski definition) is 1. The molecule has 104 valence electrons. The van der Waals surface area contributed by atoms with Crippen molar-refractivity contribution >= 4 is 5.91 Å². The van der Waals surface area contributed by atoms with Crippen molar-refractivity contribution in [3.8, 4) is 11.4 Å². The second-order valence-corrected chi connectivity index (χ2v) is 5.15. The van der Waals surface area contributed by atoms with Crippen LogP contribution in [0.4, 0.5) is 0 Å². The van der Waals surface area contributed by atoms with Gasteiger partial charge in [-0.25, -0.2) is 9.97 Å². The summed E-state index contributed by atoms with van der Waals surface area (Å²) >= 11 is 0. The van der Waals surface area contributed by atoms with Crippen molar-refractivity contribution in [3.05, 3.63) is 29.8 Å². The molecule has 0 spiro atoms. The van der Waals surface area contributed by atoms with Crippen molar-refractivity contribution in [2.75, 3.05) is 13.1 Å². The van der Waals surface area contributed by atoms with Gasteiger partial charge in [-0.3, -0.25) is 9.89 Å². The molecule has 20 heavy (non-hydrogen) atoms. The van der Waals surface area contributed by atoms with Crippen LogP contribution in [0, 0.1) is 6.92 Å². The van der Waals surface area contributed by atoms with Crippen LogP contribution >= 0.6 is 0 Å². The zero-order valence-electron chi connectivity index (χ0n) is 11.6. The van der Waals surface area contributed by atoms with Crippen LogP contribution in [0.2, 0.25) is 0 Å². The van der Waals surface area contributed by atoms with Crippen LogP contribution in [0.25, 0.3) is 11.4 Å². The van der Waals surface area contributed by atoms with Crippen LogP contribution in [0.1, 0.15) is 30.8 Å². The van der Waals surface area contributed by atoms with Crippen LogP contribution < -0.4 is 0 Å². The van der Waals surface area contributed by atoms with E-state index < -0.39 is 0 Å². The van der Waals surface area contributed by atoms with Crippen molar-refractivity contribution in [1.82, 2.24) is 25.1 Å². The number of likely N-dealkylation sites (tertiary alicyclic amines) is 1. The summed E-state index contributed by atoms with van der Waals surface area (Å²) in [6, 6.07) is 3.89. The SMILES string of the molecule is CC(=O)N1CCC(c2cc(-c3ccn[nH]3)nc(C)n2)C1. The number of aryl methyl sites for hydroxylation is 1. The summed E-state index contributed by atoms with van der Waals surface area (Å²) in [4.78, 5) is 22.3. The Morgan fingerprint density at radius 1 is 1.45 bits per heavy atom. The van der Waals surface area contributed by atoms with Gasteiger partial charge in [0, 0.05) is 37.8 Å². The Balaban J connectivity index is 1.89. The van der Waals surface area contributed by atoms with Crippen LogP contribution in [0.5, 0.6) is 0 Å². The Morgan fingerprint density at radius 3 is 2.95 bits per heavy atom. The highest BCUT2D eigenvalue weighted by molar-refractivity contribution is 5.73. The summed E-state index contributed by atoms with van der Waals surface area (Å²) in [6.45, 7) is 5.06. The molecule has 3 rings (SSSR count). The summed E-state index contributed by atoms with van der Waals surface area (Å²) in [5.41, 5.74) is 2.75. The Morgan fingerprint density at radius 2 is 2.30 bits per heavy atom. The van der Waals surface area contributed by atoms with Gasteiger partial charge in [0.25, 0.3) is 0 Å². The Hall–Kier alpha value is -2.24. The van der Waals surface area contributed by atoms with E-state index in [2.05, 4.69) is 20.2 Å². The number of nitrogens with one attached hydrogen (secondary N) is 1. The number of carbonyl (C=O) groups excluding carboxylic acids is 1. The van der Waals surface area contributed by atoms with Crippen molar-refractivity contribution in [1.29, 1.82) is 0 Å². The zero-order valence-corrected chi connectivity index (χ0v) is 11.6. The minimum Gasteiger partial charge on any atom is -0.342 e. The molecule has 2 aromatic heterocycles. The summed E-state index contributed by atoms with van der Waals surface area (Å²) in [5, 5.41) is 6.87. The van der Waals surface area contributed by atoms with E-state index in [-0.39, 0.29) is 5.91 Å². The lowest BCUT2D eigenvalue weighted by Crippen LogP contribution is -2.25. The van der Waals surface area contributed by atoms with E-state index in [1.54, 1.807) is 13.1 Å². The first-order valence-electron chi connectivity index (χ1n) is 6.74. The van der Waals surface area contributed by atoms with E-state index in [0.29, 0.717) is 5.92 Å². The van der Waals surface area contributed by atoms with E-state index in [1.807, 2.05) is 24.0 Å². The van der Waals surface area contributed by atoms with Gasteiger partial charge in [0.15, 0.2) is 0 Å². The van der Waals surface area contributed by atoms with Crippen molar-refractivity contribution in [3.63, 3.8) is 0 Å². The summed E-state index contributed by atoms with van der Waals surface area (Å²) in [6.07, 6.45) is 2.66. The summed E-state index contributed by atoms with van der Waals surface area (Å²) in [5.74, 6) is 1.17. The molecule has 3 heterocycles. The van der Waals surface area contributed by atoms with E-state index in [9.17, 15) is 4.79 Å². The zero-order chi connectivity index (χ0) is 14.1. The van der Waals surface area contributed by atoms with E-state index in [4.69, 9.17) is 0 Å². The molecule has 1 aliphatic heterocycles. The van der Waals surface area contributed by atoms with E-state index in [1.165, 1.54) is 0 Å². The van der Waals surface area contributed by atoms with Gasteiger partial charge in [0.2, 0.25) is 5.91 Å². The third kappa shape index (κ3) is 2.41. The molecule has 0 saturated carbocycles. The first-order valence-corrected chi connectivity index (χ1v) is 6.74. The Bertz CT molecular complexity index is 622. The first kappa shape index (κ1) is 12.8. The van der Waals surface area contributed by atoms with Gasteiger partial charge in [-0.2, -0.15) is 5.10 Å². The maximum atomic E-state index is 11.4. The quantitative estimate of drug-likeness (QED) is 0.898. The van der Waals surface area contributed by atoms with E-state index in [0.717, 1.165) is 42.4 Å². The van der Waals surface area contributed by atoms with Crippen molar-refractivity contribution in [2.24, 2.45) is 0 Å². The fourth-order valence-corrected chi connectivity index (χ4v) is 2.62. The van der Waals surface area contributed by atoms with Crippen LogP contribution in [0.15, 0.2) is 18.3 Å². The second-order valence-electron chi connectivity index (χ2n) is 5.15. The monoisotopic (exact) mass is 271 g/mol. The molecule has 0 aliphatic carbocycles. The van der Waals surface area contributed by atoms with Gasteiger partial charge in [0.1, 0.15) is 5.82 Å². The maximum Gasteiger partial charge on any atom is 0.219 e. The number of H-pyrrole nitrogens is 1. The molecule has 0 aromatic carbocycles. The van der Waals surface area contributed by atoms with Gasteiger partial charge in [-0.05, 0) is 25.5 Å². The van der Waals surface area contributed by atoms with Gasteiger partial charge in [0.05, 0.1) is 11.4 Å². The lowest BCUT2D eigenvalue weighted by atomic mass is 10.0. The Labute approximate surface area is 117 Å². The number of hydrogen-bond acceptors (Lipinski definition) is 4. The highest BCUT2D eigenvalue weighted by atomic mass is 16.2. The number of aromatic amines is 1. The molecule has 1 aliphatic rings. The molecule has 1 amide bonds. The lowest BCUT2D eigenvalue weighted by Gasteiger charge is -2.14. The number of amides is 1. The number of aromatic nitrogens is 4. The van der Waals surface area contributed by atoms with Gasteiger partial charge in [-0.15, -0.1) is 0 Å². The predicted molar refractivity (Wildman–Crippen MR) is 74.0 cm³/mol. The largest absolute Gasteiger partial charge is 0.342 e. The molecule has 0 bridgehead atoms. The molecule has 1 N–H and O–H groups in total. The third-order valence-corrected chi connectivity index (χ3v) is 3.69.